The summed E-state index contributed by atoms with van der Waals surface area (Å²) in [6, 6.07) is 8.54. The third-order valence-corrected chi connectivity index (χ3v) is 4.65. The van der Waals surface area contributed by atoms with Gasteiger partial charge in [-0.05, 0) is 12.1 Å². The summed E-state index contributed by atoms with van der Waals surface area (Å²) in [6.07, 6.45) is 0. The van der Waals surface area contributed by atoms with Crippen molar-refractivity contribution in [1.82, 2.24) is 14.3 Å². The summed E-state index contributed by atoms with van der Waals surface area (Å²) >= 11 is 1.42. The number of methoxy groups -OCH3 is 1. The standard InChI is InChI=1S/C15H17N5O2S/c1-21-10-13-17-15(23-18-13)20-8-6-19(7-9-20)14-16-11-4-2-3-5-12(11)22-14/h2-5H,6-10H2,1H3. The molecule has 0 N–H and O–H groups in total. The number of para-hydroxylation sites is 2. The van der Waals surface area contributed by atoms with Crippen LogP contribution in [0.2, 0.25) is 0 Å². The molecule has 3 heterocycles. The molecule has 0 bridgehead atoms. The maximum Gasteiger partial charge on any atom is 0.298 e. The third-order valence-electron chi connectivity index (χ3n) is 3.83. The van der Waals surface area contributed by atoms with Crippen molar-refractivity contribution in [3.05, 3.63) is 30.1 Å². The predicted molar refractivity (Wildman–Crippen MR) is 89.1 cm³/mol. The molecule has 1 saturated heterocycles. The average molecular weight is 331 g/mol. The van der Waals surface area contributed by atoms with Crippen LogP contribution < -0.4 is 9.80 Å². The molecule has 1 fully saturated rings. The number of piperazine rings is 1. The van der Waals surface area contributed by atoms with Crippen LogP contribution in [0.1, 0.15) is 5.82 Å². The van der Waals surface area contributed by atoms with Crippen LogP contribution in [-0.4, -0.2) is 47.6 Å². The number of fused-ring (bicyclic) bond motifs is 1. The lowest BCUT2D eigenvalue weighted by Crippen LogP contribution is -2.46. The van der Waals surface area contributed by atoms with E-state index >= 15 is 0 Å². The highest BCUT2D eigenvalue weighted by molar-refractivity contribution is 7.09. The van der Waals surface area contributed by atoms with Gasteiger partial charge in [0.25, 0.3) is 6.01 Å². The number of nitrogens with zero attached hydrogens (tertiary/aromatic N) is 5. The molecule has 1 aliphatic heterocycles. The van der Waals surface area contributed by atoms with Crippen LogP contribution in [0.4, 0.5) is 11.1 Å². The Bertz CT molecular complexity index is 761. The Balaban J connectivity index is 1.43. The molecule has 120 valence electrons. The molecule has 0 amide bonds. The van der Waals surface area contributed by atoms with E-state index in [2.05, 4.69) is 24.1 Å². The molecule has 1 aromatic carbocycles. The van der Waals surface area contributed by atoms with E-state index in [0.29, 0.717) is 12.6 Å². The first-order valence-corrected chi connectivity index (χ1v) is 8.28. The van der Waals surface area contributed by atoms with Gasteiger partial charge in [0.2, 0.25) is 5.13 Å². The topological polar surface area (TPSA) is 67.5 Å². The molecule has 0 unspecified atom stereocenters. The summed E-state index contributed by atoms with van der Waals surface area (Å²) in [7, 11) is 1.65. The van der Waals surface area contributed by atoms with E-state index in [4.69, 9.17) is 9.15 Å². The Labute approximate surface area is 137 Å². The quantitative estimate of drug-likeness (QED) is 0.725. The Kier molecular flexibility index (Phi) is 3.84. The van der Waals surface area contributed by atoms with E-state index in [-0.39, 0.29) is 0 Å². The van der Waals surface area contributed by atoms with Crippen molar-refractivity contribution in [3.8, 4) is 0 Å². The lowest BCUT2D eigenvalue weighted by Gasteiger charge is -2.33. The number of anilines is 2. The summed E-state index contributed by atoms with van der Waals surface area (Å²) < 4.78 is 15.2. The minimum Gasteiger partial charge on any atom is -0.423 e. The zero-order valence-corrected chi connectivity index (χ0v) is 13.6. The van der Waals surface area contributed by atoms with Gasteiger partial charge in [0.1, 0.15) is 12.1 Å². The number of hydrogen-bond acceptors (Lipinski definition) is 8. The van der Waals surface area contributed by atoms with E-state index < -0.39 is 0 Å². The maximum absolute atomic E-state index is 5.84. The van der Waals surface area contributed by atoms with Gasteiger partial charge in [-0.3, -0.25) is 0 Å². The lowest BCUT2D eigenvalue weighted by atomic mass is 10.3. The second-order valence-electron chi connectivity index (χ2n) is 5.36. The Morgan fingerprint density at radius 1 is 1.13 bits per heavy atom. The Morgan fingerprint density at radius 3 is 2.70 bits per heavy atom. The molecule has 8 heteroatoms. The Morgan fingerprint density at radius 2 is 1.91 bits per heavy atom. The highest BCUT2D eigenvalue weighted by Crippen LogP contribution is 2.24. The van der Waals surface area contributed by atoms with Crippen LogP contribution in [0.15, 0.2) is 28.7 Å². The van der Waals surface area contributed by atoms with Crippen molar-refractivity contribution in [2.24, 2.45) is 0 Å². The lowest BCUT2D eigenvalue weighted by molar-refractivity contribution is 0.179. The highest BCUT2D eigenvalue weighted by atomic mass is 32.1. The first-order valence-electron chi connectivity index (χ1n) is 7.50. The van der Waals surface area contributed by atoms with Gasteiger partial charge >= 0.3 is 0 Å². The van der Waals surface area contributed by atoms with Crippen LogP contribution >= 0.6 is 11.5 Å². The number of aromatic nitrogens is 3. The highest BCUT2D eigenvalue weighted by Gasteiger charge is 2.23. The van der Waals surface area contributed by atoms with Gasteiger partial charge in [0.15, 0.2) is 11.4 Å². The van der Waals surface area contributed by atoms with Crippen molar-refractivity contribution in [1.29, 1.82) is 0 Å². The van der Waals surface area contributed by atoms with Crippen molar-refractivity contribution < 1.29 is 9.15 Å². The molecule has 4 rings (SSSR count). The summed E-state index contributed by atoms with van der Waals surface area (Å²) in [5.74, 6) is 0.744. The molecule has 0 aliphatic carbocycles. The maximum atomic E-state index is 5.84. The van der Waals surface area contributed by atoms with Crippen LogP contribution in [-0.2, 0) is 11.3 Å². The minimum atomic E-state index is 0.458. The Hall–Kier alpha value is -2.19. The monoisotopic (exact) mass is 331 g/mol. The molecule has 0 atom stereocenters. The normalized spacial score (nSPS) is 15.5. The van der Waals surface area contributed by atoms with E-state index in [1.165, 1.54) is 11.5 Å². The van der Waals surface area contributed by atoms with Gasteiger partial charge in [0.05, 0.1) is 0 Å². The second-order valence-corrected chi connectivity index (χ2v) is 6.09. The first-order chi connectivity index (χ1) is 11.3. The number of ether oxygens (including phenoxy) is 1. The minimum absolute atomic E-state index is 0.458. The van der Waals surface area contributed by atoms with Crippen molar-refractivity contribution in [3.63, 3.8) is 0 Å². The van der Waals surface area contributed by atoms with Gasteiger partial charge in [0, 0.05) is 44.8 Å². The van der Waals surface area contributed by atoms with Crippen molar-refractivity contribution in [2.45, 2.75) is 6.61 Å². The summed E-state index contributed by atoms with van der Waals surface area (Å²) in [4.78, 5) is 13.5. The van der Waals surface area contributed by atoms with Crippen LogP contribution in [0.25, 0.3) is 11.1 Å². The molecule has 1 aliphatic rings. The molecular weight excluding hydrogens is 314 g/mol. The van der Waals surface area contributed by atoms with Crippen molar-refractivity contribution >= 4 is 33.8 Å². The van der Waals surface area contributed by atoms with Gasteiger partial charge in [-0.1, -0.05) is 12.1 Å². The zero-order valence-electron chi connectivity index (χ0n) is 12.8. The second kappa shape index (κ2) is 6.13. The molecular formula is C15H17N5O2S. The average Bonchev–Trinajstić information content (AvgIpc) is 3.22. The SMILES string of the molecule is COCc1nsc(N2CCN(c3nc4ccccc4o3)CC2)n1. The van der Waals surface area contributed by atoms with Gasteiger partial charge in [-0.15, -0.1) is 0 Å². The molecule has 0 spiro atoms. The fourth-order valence-corrected chi connectivity index (χ4v) is 3.37. The molecule has 0 saturated carbocycles. The zero-order chi connectivity index (χ0) is 15.6. The van der Waals surface area contributed by atoms with Crippen LogP contribution in [0.5, 0.6) is 0 Å². The largest absolute Gasteiger partial charge is 0.423 e. The molecule has 7 nitrogen and oxygen atoms in total. The van der Waals surface area contributed by atoms with E-state index in [0.717, 1.165) is 48.2 Å². The molecule has 0 radical (unpaired) electrons. The number of hydrogen-bond donors (Lipinski definition) is 0. The summed E-state index contributed by atoms with van der Waals surface area (Å²) in [6.45, 7) is 3.91. The smallest absolute Gasteiger partial charge is 0.298 e. The number of benzene rings is 1. The van der Waals surface area contributed by atoms with E-state index in [1.807, 2.05) is 24.3 Å². The van der Waals surface area contributed by atoms with Crippen LogP contribution in [0.3, 0.4) is 0 Å². The number of rotatable bonds is 4. The van der Waals surface area contributed by atoms with E-state index in [9.17, 15) is 0 Å². The van der Waals surface area contributed by atoms with Crippen molar-refractivity contribution in [2.75, 3.05) is 43.1 Å². The number of oxazole rings is 1. The molecule has 23 heavy (non-hydrogen) atoms. The fourth-order valence-electron chi connectivity index (χ4n) is 2.65. The van der Waals surface area contributed by atoms with Gasteiger partial charge in [-0.25, -0.2) is 4.98 Å². The molecule has 3 aromatic rings. The summed E-state index contributed by atoms with van der Waals surface area (Å²) in [5, 5.41) is 0.953. The van der Waals surface area contributed by atoms with Gasteiger partial charge < -0.3 is 19.0 Å². The van der Waals surface area contributed by atoms with Gasteiger partial charge in [-0.2, -0.15) is 9.36 Å². The van der Waals surface area contributed by atoms with E-state index in [1.54, 1.807) is 7.11 Å². The fraction of sp³-hybridized carbons (Fsp3) is 0.400. The predicted octanol–water partition coefficient (Wildman–Crippen LogP) is 2.15. The van der Waals surface area contributed by atoms with Crippen LogP contribution in [0, 0.1) is 0 Å². The third kappa shape index (κ3) is 2.87. The molecule has 2 aromatic heterocycles. The first kappa shape index (κ1) is 14.4. The summed E-state index contributed by atoms with van der Waals surface area (Å²) in [5.41, 5.74) is 1.73.